The summed E-state index contributed by atoms with van der Waals surface area (Å²) in [4.78, 5) is 25.6. The Morgan fingerprint density at radius 3 is 2.80 bits per heavy atom. The molecule has 5 nitrogen and oxygen atoms in total. The van der Waals surface area contributed by atoms with Crippen LogP contribution in [-0.2, 0) is 6.42 Å². The van der Waals surface area contributed by atoms with Crippen LogP contribution in [0.5, 0.6) is 0 Å². The number of pyridine rings is 1. The Morgan fingerprint density at radius 2 is 2.05 bits per heavy atom. The lowest BCUT2D eigenvalue weighted by atomic mass is 10.1. The number of benzene rings is 1. The maximum atomic E-state index is 12.1. The van der Waals surface area contributed by atoms with Gasteiger partial charge >= 0.3 is 0 Å². The summed E-state index contributed by atoms with van der Waals surface area (Å²) in [5.41, 5.74) is 2.10. The van der Waals surface area contributed by atoms with Gasteiger partial charge in [0.25, 0.3) is 5.91 Å². The van der Waals surface area contributed by atoms with Gasteiger partial charge in [0.1, 0.15) is 0 Å². The summed E-state index contributed by atoms with van der Waals surface area (Å²) >= 11 is 0. The van der Waals surface area contributed by atoms with Gasteiger partial charge in [0.05, 0.1) is 17.7 Å². The van der Waals surface area contributed by atoms with Crippen molar-refractivity contribution in [1.82, 2.24) is 10.3 Å². The number of aromatic amines is 1. The summed E-state index contributed by atoms with van der Waals surface area (Å²) in [6, 6.07) is 10.0. The molecule has 0 fully saturated rings. The number of hydrogen-bond acceptors (Lipinski definition) is 3. The van der Waals surface area contributed by atoms with Crippen LogP contribution in [0.3, 0.4) is 0 Å². The van der Waals surface area contributed by atoms with Gasteiger partial charge in [0.2, 0.25) is 5.56 Å². The van der Waals surface area contributed by atoms with Crippen molar-refractivity contribution in [1.29, 1.82) is 0 Å². The van der Waals surface area contributed by atoms with Crippen LogP contribution in [0.25, 0.3) is 0 Å². The zero-order valence-corrected chi connectivity index (χ0v) is 10.7. The fourth-order valence-electron chi connectivity index (χ4n) is 2.52. The molecule has 5 heteroatoms. The van der Waals surface area contributed by atoms with E-state index in [-0.39, 0.29) is 11.5 Å². The molecule has 3 rings (SSSR count). The fourth-order valence-corrected chi connectivity index (χ4v) is 2.52. The van der Waals surface area contributed by atoms with Crippen molar-refractivity contribution in [3.05, 3.63) is 69.6 Å². The molecule has 0 aliphatic heterocycles. The fraction of sp³-hybridized carbons (Fsp3) is 0.200. The van der Waals surface area contributed by atoms with Crippen LogP contribution in [0.4, 0.5) is 0 Å². The van der Waals surface area contributed by atoms with Crippen molar-refractivity contribution >= 4 is 5.91 Å². The summed E-state index contributed by atoms with van der Waals surface area (Å²) < 4.78 is 0. The second-order valence-corrected chi connectivity index (χ2v) is 4.86. The first-order valence-corrected chi connectivity index (χ1v) is 6.40. The summed E-state index contributed by atoms with van der Waals surface area (Å²) in [7, 11) is 0. The molecule has 20 heavy (non-hydrogen) atoms. The highest BCUT2D eigenvalue weighted by molar-refractivity contribution is 5.94. The molecule has 2 atom stereocenters. The zero-order chi connectivity index (χ0) is 14.1. The predicted octanol–water partition coefficient (Wildman–Crippen LogP) is 0.763. The molecule has 1 aromatic heterocycles. The van der Waals surface area contributed by atoms with E-state index in [2.05, 4.69) is 10.3 Å². The molecule has 1 heterocycles. The maximum Gasteiger partial charge on any atom is 0.253 e. The predicted molar refractivity (Wildman–Crippen MR) is 73.4 cm³/mol. The number of H-pyrrole nitrogens is 1. The van der Waals surface area contributed by atoms with Crippen molar-refractivity contribution in [2.24, 2.45) is 0 Å². The molecule has 0 saturated carbocycles. The third kappa shape index (κ3) is 2.23. The van der Waals surface area contributed by atoms with Crippen LogP contribution < -0.4 is 10.9 Å². The standard InChI is InChI=1S/C15H14N2O3/c18-12-7-9-3-1-2-4-11(9)14(12)17-15(20)10-5-6-13(19)16-8-10/h1-6,8,12,14,18H,7H2,(H,16,19)(H,17,20). The number of rotatable bonds is 2. The smallest absolute Gasteiger partial charge is 0.253 e. The third-order valence-electron chi connectivity index (χ3n) is 3.54. The van der Waals surface area contributed by atoms with Crippen molar-refractivity contribution in [3.8, 4) is 0 Å². The maximum absolute atomic E-state index is 12.1. The number of aliphatic hydroxyl groups is 1. The van der Waals surface area contributed by atoms with Crippen LogP contribution in [0.1, 0.15) is 27.5 Å². The quantitative estimate of drug-likeness (QED) is 0.753. The molecule has 0 radical (unpaired) electrons. The van der Waals surface area contributed by atoms with Gasteiger partial charge in [-0.1, -0.05) is 24.3 Å². The highest BCUT2D eigenvalue weighted by Gasteiger charge is 2.31. The second kappa shape index (κ2) is 4.94. The van der Waals surface area contributed by atoms with Gasteiger partial charge in [-0.15, -0.1) is 0 Å². The Hall–Kier alpha value is -2.40. The number of aromatic nitrogens is 1. The van der Waals surface area contributed by atoms with Crippen molar-refractivity contribution in [2.45, 2.75) is 18.6 Å². The molecule has 1 aromatic carbocycles. The average Bonchev–Trinajstić information content (AvgIpc) is 2.76. The van der Waals surface area contributed by atoms with Crippen LogP contribution in [-0.4, -0.2) is 22.1 Å². The average molecular weight is 270 g/mol. The van der Waals surface area contributed by atoms with E-state index in [0.717, 1.165) is 11.1 Å². The number of fused-ring (bicyclic) bond motifs is 1. The van der Waals surface area contributed by atoms with Gasteiger partial charge in [-0.3, -0.25) is 9.59 Å². The molecular formula is C15H14N2O3. The van der Waals surface area contributed by atoms with Gasteiger partial charge in [-0.05, 0) is 17.2 Å². The van der Waals surface area contributed by atoms with E-state index in [4.69, 9.17) is 0 Å². The monoisotopic (exact) mass is 270 g/mol. The molecule has 1 amide bonds. The Labute approximate surface area is 115 Å². The highest BCUT2D eigenvalue weighted by atomic mass is 16.3. The molecule has 0 spiro atoms. The molecule has 2 unspecified atom stereocenters. The first kappa shape index (κ1) is 12.6. The number of nitrogens with one attached hydrogen (secondary N) is 2. The Kier molecular flexibility index (Phi) is 3.12. The van der Waals surface area contributed by atoms with E-state index >= 15 is 0 Å². The lowest BCUT2D eigenvalue weighted by Gasteiger charge is -2.17. The highest BCUT2D eigenvalue weighted by Crippen LogP contribution is 2.31. The van der Waals surface area contributed by atoms with Gasteiger partial charge in [0, 0.05) is 18.7 Å². The normalized spacial score (nSPS) is 20.4. The van der Waals surface area contributed by atoms with Crippen LogP contribution in [0.2, 0.25) is 0 Å². The van der Waals surface area contributed by atoms with Gasteiger partial charge < -0.3 is 15.4 Å². The minimum Gasteiger partial charge on any atom is -0.390 e. The lowest BCUT2D eigenvalue weighted by molar-refractivity contribution is 0.0858. The summed E-state index contributed by atoms with van der Waals surface area (Å²) in [6.07, 6.45) is 1.27. The molecule has 2 aromatic rings. The zero-order valence-electron chi connectivity index (χ0n) is 10.7. The number of carbonyl (C=O) groups is 1. The summed E-state index contributed by atoms with van der Waals surface area (Å²) in [6.45, 7) is 0. The van der Waals surface area contributed by atoms with Crippen molar-refractivity contribution < 1.29 is 9.90 Å². The first-order chi connectivity index (χ1) is 9.65. The molecular weight excluding hydrogens is 256 g/mol. The molecule has 0 bridgehead atoms. The summed E-state index contributed by atoms with van der Waals surface area (Å²) in [5.74, 6) is -0.318. The molecule has 102 valence electrons. The first-order valence-electron chi connectivity index (χ1n) is 6.40. The SMILES string of the molecule is O=C(NC1c2ccccc2CC1O)c1ccc(=O)[nH]c1. The second-order valence-electron chi connectivity index (χ2n) is 4.86. The minimum atomic E-state index is -0.626. The number of aliphatic hydroxyl groups excluding tert-OH is 1. The van der Waals surface area contributed by atoms with E-state index in [9.17, 15) is 14.7 Å². The largest absolute Gasteiger partial charge is 0.390 e. The van der Waals surface area contributed by atoms with Crippen molar-refractivity contribution in [3.63, 3.8) is 0 Å². The number of hydrogen-bond donors (Lipinski definition) is 3. The van der Waals surface area contributed by atoms with Gasteiger partial charge in [-0.25, -0.2) is 0 Å². The summed E-state index contributed by atoms with van der Waals surface area (Å²) in [5, 5.41) is 12.9. The molecule has 1 aliphatic carbocycles. The van der Waals surface area contributed by atoms with Crippen LogP contribution in [0.15, 0.2) is 47.4 Å². The minimum absolute atomic E-state index is 0.257. The number of amides is 1. The molecule has 3 N–H and O–H groups in total. The van der Waals surface area contributed by atoms with Gasteiger partial charge in [-0.2, -0.15) is 0 Å². The number of carbonyl (C=O) groups excluding carboxylic acids is 1. The third-order valence-corrected chi connectivity index (χ3v) is 3.54. The van der Waals surface area contributed by atoms with E-state index in [0.29, 0.717) is 12.0 Å². The van der Waals surface area contributed by atoms with Crippen LogP contribution in [0, 0.1) is 0 Å². The van der Waals surface area contributed by atoms with E-state index in [1.165, 1.54) is 18.3 Å². The Bertz CT molecular complexity index is 688. The van der Waals surface area contributed by atoms with Gasteiger partial charge in [0.15, 0.2) is 0 Å². The Morgan fingerprint density at radius 1 is 1.25 bits per heavy atom. The lowest BCUT2D eigenvalue weighted by Crippen LogP contribution is -2.34. The van der Waals surface area contributed by atoms with E-state index in [1.54, 1.807) is 0 Å². The van der Waals surface area contributed by atoms with Crippen LogP contribution >= 0.6 is 0 Å². The Balaban J connectivity index is 1.83. The molecule has 1 aliphatic rings. The topological polar surface area (TPSA) is 82.2 Å². The van der Waals surface area contributed by atoms with Crippen molar-refractivity contribution in [2.75, 3.05) is 0 Å². The molecule has 0 saturated heterocycles. The van der Waals surface area contributed by atoms with E-state index < -0.39 is 12.1 Å². The van der Waals surface area contributed by atoms with E-state index in [1.807, 2.05) is 24.3 Å².